The van der Waals surface area contributed by atoms with Gasteiger partial charge in [-0.15, -0.1) is 0 Å². The number of benzene rings is 11. The zero-order chi connectivity index (χ0) is 83.1. The Morgan fingerprint density at radius 3 is 0.713 bits per heavy atom. The third-order valence-electron chi connectivity index (χ3n) is 21.9. The van der Waals surface area contributed by atoms with Crippen molar-refractivity contribution in [1.82, 2.24) is 0 Å². The molecule has 0 bridgehead atoms. The first kappa shape index (κ1) is 87.5. The zero-order valence-corrected chi connectivity index (χ0v) is 68.1. The minimum Gasteiger partial charge on any atom is -0.385 e. The fourth-order valence-corrected chi connectivity index (χ4v) is 15.5. The highest BCUT2D eigenvalue weighted by Gasteiger charge is 2.58. The molecule has 0 radical (unpaired) electrons. The predicted molar refractivity (Wildman–Crippen MR) is 453 cm³/mol. The van der Waals surface area contributed by atoms with Gasteiger partial charge in [-0.3, -0.25) is 0 Å². The van der Waals surface area contributed by atoms with Crippen LogP contribution in [0.15, 0.2) is 334 Å². The van der Waals surface area contributed by atoms with Crippen molar-refractivity contribution >= 4 is 0 Å². The van der Waals surface area contributed by atoms with Gasteiger partial charge in [0, 0.05) is 0 Å². The minimum absolute atomic E-state index is 0.0329. The third-order valence-corrected chi connectivity index (χ3v) is 21.9. The van der Waals surface area contributed by atoms with Gasteiger partial charge in [0.15, 0.2) is 25.2 Å². The Morgan fingerprint density at radius 1 is 0.180 bits per heavy atom. The van der Waals surface area contributed by atoms with E-state index < -0.39 is 129 Å². The number of ether oxygens (including phenoxy) is 18. The zero-order valence-electron chi connectivity index (χ0n) is 68.1. The lowest BCUT2D eigenvalue weighted by molar-refractivity contribution is -0.398. The molecule has 0 spiro atoms. The molecular formula is C101H108O21. The highest BCUT2D eigenvalue weighted by Crippen LogP contribution is 2.40. The molecule has 638 valence electrons. The summed E-state index contributed by atoms with van der Waals surface area (Å²) in [5.41, 5.74) is 9.47. The summed E-state index contributed by atoms with van der Waals surface area (Å²) < 4.78 is 128. The molecule has 122 heavy (non-hydrogen) atoms. The molecule has 21 heteroatoms. The van der Waals surface area contributed by atoms with Crippen LogP contribution in [0.3, 0.4) is 0 Å². The van der Waals surface area contributed by atoms with Crippen LogP contribution in [0.2, 0.25) is 0 Å². The topological polar surface area (TPSA) is 227 Å². The molecule has 0 aliphatic carbocycles. The molecule has 4 aliphatic rings. The molecule has 0 saturated carbocycles. The van der Waals surface area contributed by atoms with Crippen molar-refractivity contribution < 1.29 is 101 Å². The summed E-state index contributed by atoms with van der Waals surface area (Å²) in [6.07, 6.45) is -26.1. The Hall–Kier alpha value is -9.42. The highest BCUT2D eigenvalue weighted by atomic mass is 16.8. The monoisotopic (exact) mass is 1660 g/mol. The van der Waals surface area contributed by atoms with Gasteiger partial charge in [-0.25, -0.2) is 0 Å². The maximum absolute atomic E-state index is 13.6. The Bertz CT molecular complexity index is 4690. The number of rotatable bonds is 43. The Kier molecular flexibility index (Phi) is 33.2. The number of hydrogen-bond acceptors (Lipinski definition) is 21. The maximum Gasteiger partial charge on any atom is 0.187 e. The molecule has 0 amide bonds. The van der Waals surface area contributed by atoms with Gasteiger partial charge in [0.1, 0.15) is 97.7 Å². The van der Waals surface area contributed by atoms with E-state index in [2.05, 4.69) is 0 Å². The molecular weight excluding hydrogens is 1550 g/mol. The van der Waals surface area contributed by atoms with Gasteiger partial charge in [0.25, 0.3) is 0 Å². The minimum atomic E-state index is -1.86. The molecule has 4 fully saturated rings. The van der Waals surface area contributed by atoms with Gasteiger partial charge < -0.3 is 101 Å². The van der Waals surface area contributed by atoms with E-state index in [1.165, 1.54) is 0 Å². The highest BCUT2D eigenvalue weighted by molar-refractivity contribution is 5.23. The number of aliphatic hydroxyl groups excluding tert-OH is 3. The van der Waals surface area contributed by atoms with Gasteiger partial charge in [-0.2, -0.15) is 0 Å². The van der Waals surface area contributed by atoms with Crippen LogP contribution in [0.1, 0.15) is 61.2 Å². The van der Waals surface area contributed by atoms with Crippen LogP contribution in [0.4, 0.5) is 0 Å². The van der Waals surface area contributed by atoms with E-state index >= 15 is 0 Å². The molecule has 11 aromatic carbocycles. The second kappa shape index (κ2) is 46.3. The number of aliphatic hydroxyl groups is 3. The van der Waals surface area contributed by atoms with Crippen molar-refractivity contribution in [3.8, 4) is 0 Å². The van der Waals surface area contributed by atoms with E-state index in [0.717, 1.165) is 61.2 Å². The lowest BCUT2D eigenvalue weighted by Crippen LogP contribution is -2.68. The fraction of sp³-hybridized carbons (Fsp3) is 0.347. The first-order chi connectivity index (χ1) is 60.2. The van der Waals surface area contributed by atoms with Gasteiger partial charge in [-0.1, -0.05) is 334 Å². The predicted octanol–water partition coefficient (Wildman–Crippen LogP) is 14.7. The second-order valence-corrected chi connectivity index (χ2v) is 30.8. The Morgan fingerprint density at radius 2 is 0.402 bits per heavy atom. The van der Waals surface area contributed by atoms with Crippen molar-refractivity contribution in [2.45, 2.75) is 195 Å². The molecule has 4 saturated heterocycles. The van der Waals surface area contributed by atoms with Crippen molar-refractivity contribution in [1.29, 1.82) is 0 Å². The van der Waals surface area contributed by atoms with Gasteiger partial charge in [0.2, 0.25) is 0 Å². The van der Waals surface area contributed by atoms with E-state index in [4.69, 9.17) is 85.3 Å². The van der Waals surface area contributed by atoms with Crippen LogP contribution in [0.25, 0.3) is 0 Å². The summed E-state index contributed by atoms with van der Waals surface area (Å²) in [7, 11) is 0. The number of hydrogen-bond donors (Lipinski definition) is 3. The third kappa shape index (κ3) is 25.2. The summed E-state index contributed by atoms with van der Waals surface area (Å²) in [5.74, 6) is 0. The van der Waals surface area contributed by atoms with Crippen LogP contribution < -0.4 is 0 Å². The molecule has 3 N–H and O–H groups in total. The van der Waals surface area contributed by atoms with Crippen LogP contribution >= 0.6 is 0 Å². The van der Waals surface area contributed by atoms with Crippen LogP contribution in [0, 0.1) is 0 Å². The summed E-state index contributed by atoms with van der Waals surface area (Å²) >= 11 is 0. The summed E-state index contributed by atoms with van der Waals surface area (Å²) in [4.78, 5) is 0. The molecule has 11 aromatic rings. The van der Waals surface area contributed by atoms with E-state index in [0.29, 0.717) is 0 Å². The van der Waals surface area contributed by atoms with Gasteiger partial charge in [0.05, 0.1) is 99.1 Å². The van der Waals surface area contributed by atoms with E-state index in [1.54, 1.807) is 0 Å². The molecule has 4 aliphatic heterocycles. The van der Waals surface area contributed by atoms with Crippen LogP contribution in [-0.2, 0) is 158 Å². The van der Waals surface area contributed by atoms with Crippen molar-refractivity contribution in [2.24, 2.45) is 0 Å². The molecule has 0 aromatic heterocycles. The Labute approximate surface area is 713 Å². The first-order valence-corrected chi connectivity index (χ1v) is 41.9. The van der Waals surface area contributed by atoms with Crippen molar-refractivity contribution in [3.63, 3.8) is 0 Å². The van der Waals surface area contributed by atoms with Gasteiger partial charge >= 0.3 is 0 Å². The average Bonchev–Trinajstić information content (AvgIpc) is 0.759. The smallest absolute Gasteiger partial charge is 0.187 e. The summed E-state index contributed by atoms with van der Waals surface area (Å²) in [5, 5.41) is 40.1. The normalized spacial score (nSPS) is 26.6. The lowest BCUT2D eigenvalue weighted by Gasteiger charge is -2.51. The lowest BCUT2D eigenvalue weighted by atomic mass is 9.95. The van der Waals surface area contributed by atoms with E-state index in [1.807, 2.05) is 334 Å². The van der Waals surface area contributed by atoms with Crippen molar-refractivity contribution in [3.05, 3.63) is 395 Å². The van der Waals surface area contributed by atoms with Gasteiger partial charge in [-0.05, 0) is 61.2 Å². The largest absolute Gasteiger partial charge is 0.385 e. The Balaban J connectivity index is 0.846. The standard InChI is InChI=1S/C101H108O21/c102-86-92(111-62-77-46-24-7-25-47-77)88(108-59-74-40-18-4-19-41-74)82(67-105-56-71-34-12-1-13-35-71)118-99(86)116-70-85-91(121-100-87(103)93(112-63-78-48-26-8-27-49-78)89(109-60-75-42-20-5-21-43-75)83(119-100)68-106-57-72-36-14-2-15-37-72)95(96(98(104)117-85)114-65-80-52-30-10-31-53-80)122-101-97(115-66-81-54-32-11-33-55-81)94(113-64-79-50-28-9-29-51-79)90(110-61-76-44-22-6-23-45-76)84(120-101)69-107-58-73-38-16-3-17-39-73/h1-55,82-104H,56-70H2. The molecule has 20 atom stereocenters. The van der Waals surface area contributed by atoms with Crippen LogP contribution in [-0.4, -0.2) is 165 Å². The fourth-order valence-electron chi connectivity index (χ4n) is 15.5. The first-order valence-electron chi connectivity index (χ1n) is 41.9. The SMILES string of the molecule is OC1OC(COC2OC(COCc3ccccc3)C(OCc3ccccc3)C(OCc3ccccc3)C2O)C(OC2OC(COCc3ccccc3)C(OCc3ccccc3)C(OCc3ccccc3)C2O)C(OC2OC(COCc3ccccc3)C(OCc3ccccc3)C(OCc3ccccc3)C2OCc2ccccc2)C1OCc1ccccc1. The summed E-state index contributed by atoms with van der Waals surface area (Å²) in [6, 6.07) is 107. The summed E-state index contributed by atoms with van der Waals surface area (Å²) in [6.45, 7) is 0.458. The molecule has 21 nitrogen and oxygen atoms in total. The van der Waals surface area contributed by atoms with E-state index in [9.17, 15) is 15.3 Å². The average molecular weight is 1660 g/mol. The van der Waals surface area contributed by atoms with E-state index in [-0.39, 0.29) is 92.5 Å². The van der Waals surface area contributed by atoms with Crippen LogP contribution in [0.5, 0.6) is 0 Å². The molecule has 4 heterocycles. The maximum atomic E-state index is 13.6. The molecule has 20 unspecified atom stereocenters. The quantitative estimate of drug-likeness (QED) is 0.0323. The molecule has 15 rings (SSSR count). The van der Waals surface area contributed by atoms with Crippen molar-refractivity contribution in [2.75, 3.05) is 26.4 Å². The second-order valence-electron chi connectivity index (χ2n) is 30.8.